The van der Waals surface area contributed by atoms with Gasteiger partial charge in [0.05, 0.1) is 18.8 Å². The number of fused-ring (bicyclic) bond motifs is 2. The van der Waals surface area contributed by atoms with Crippen molar-refractivity contribution in [3.63, 3.8) is 0 Å². The second kappa shape index (κ2) is 11.3. The van der Waals surface area contributed by atoms with Gasteiger partial charge >= 0.3 is 6.01 Å². The predicted molar refractivity (Wildman–Crippen MR) is 146 cm³/mol. The number of hydrogen-bond acceptors (Lipinski definition) is 7. The largest absolute Gasteiger partial charge is 0.508 e. The SMILES string of the molecule is CCN(CC)c1nc(OCCCN2CCCCC2)nc2c1CCN(c1cc(O)cc3ccccc13)C2. The van der Waals surface area contributed by atoms with Crippen LogP contribution in [0.1, 0.15) is 50.8 Å². The van der Waals surface area contributed by atoms with Crippen LogP contribution in [0.5, 0.6) is 11.8 Å². The molecule has 0 atom stereocenters. The molecule has 0 radical (unpaired) electrons. The van der Waals surface area contributed by atoms with Gasteiger partial charge in [0.2, 0.25) is 0 Å². The van der Waals surface area contributed by atoms with Crippen LogP contribution in [0.4, 0.5) is 11.5 Å². The van der Waals surface area contributed by atoms with Gasteiger partial charge in [-0.25, -0.2) is 0 Å². The first kappa shape index (κ1) is 24.6. The molecule has 2 aromatic carbocycles. The van der Waals surface area contributed by atoms with Crippen molar-refractivity contribution in [1.29, 1.82) is 0 Å². The zero-order chi connectivity index (χ0) is 24.9. The summed E-state index contributed by atoms with van der Waals surface area (Å²) in [5.41, 5.74) is 3.29. The number of benzene rings is 2. The molecule has 5 rings (SSSR count). The number of piperidine rings is 1. The smallest absolute Gasteiger partial charge is 0.318 e. The van der Waals surface area contributed by atoms with E-state index in [4.69, 9.17) is 14.7 Å². The lowest BCUT2D eigenvalue weighted by atomic mass is 10.0. The van der Waals surface area contributed by atoms with Crippen molar-refractivity contribution >= 4 is 22.3 Å². The Morgan fingerprint density at radius 3 is 2.61 bits per heavy atom. The normalized spacial score (nSPS) is 16.2. The summed E-state index contributed by atoms with van der Waals surface area (Å²) >= 11 is 0. The van der Waals surface area contributed by atoms with Gasteiger partial charge in [-0.3, -0.25) is 0 Å². The molecule has 0 aliphatic carbocycles. The molecule has 0 bridgehead atoms. The maximum Gasteiger partial charge on any atom is 0.318 e. The molecule has 7 nitrogen and oxygen atoms in total. The van der Waals surface area contributed by atoms with Gasteiger partial charge in [-0.2, -0.15) is 9.97 Å². The standard InChI is InChI=1S/C29H39N5O2/c1-3-33(4-2)28-25-13-17-34(27-20-23(35)19-22-11-6-7-12-24(22)27)21-26(25)30-29(31-28)36-18-10-16-32-14-8-5-9-15-32/h6-7,11-12,19-20,35H,3-5,8-10,13-18,21H2,1-2H3. The number of likely N-dealkylation sites (tertiary alicyclic amines) is 1. The van der Waals surface area contributed by atoms with E-state index in [1.807, 2.05) is 24.3 Å². The Labute approximate surface area is 214 Å². The molecule has 1 N–H and O–H groups in total. The van der Waals surface area contributed by atoms with Crippen molar-refractivity contribution in [2.75, 3.05) is 55.7 Å². The van der Waals surface area contributed by atoms with E-state index < -0.39 is 0 Å². The quantitative estimate of drug-likeness (QED) is 0.424. The van der Waals surface area contributed by atoms with E-state index in [1.165, 1.54) is 37.9 Å². The number of aromatic nitrogens is 2. The highest BCUT2D eigenvalue weighted by atomic mass is 16.5. The lowest BCUT2D eigenvalue weighted by molar-refractivity contribution is 0.200. The number of ether oxygens (including phenoxy) is 1. The number of anilines is 2. The molecule has 2 aliphatic heterocycles. The van der Waals surface area contributed by atoms with Crippen LogP contribution in [0.3, 0.4) is 0 Å². The molecule has 3 heterocycles. The fourth-order valence-electron chi connectivity index (χ4n) is 5.61. The van der Waals surface area contributed by atoms with Crippen molar-refractivity contribution in [2.45, 2.75) is 52.5 Å². The van der Waals surface area contributed by atoms with E-state index in [2.05, 4.69) is 40.7 Å². The summed E-state index contributed by atoms with van der Waals surface area (Å²) in [5.74, 6) is 1.30. The minimum Gasteiger partial charge on any atom is -0.508 e. The molecule has 1 fully saturated rings. The first-order chi connectivity index (χ1) is 17.7. The number of hydrogen-bond donors (Lipinski definition) is 1. The van der Waals surface area contributed by atoms with Gasteiger partial charge in [-0.15, -0.1) is 0 Å². The third-order valence-electron chi connectivity index (χ3n) is 7.55. The van der Waals surface area contributed by atoms with Gasteiger partial charge < -0.3 is 24.5 Å². The topological polar surface area (TPSA) is 65.0 Å². The summed E-state index contributed by atoms with van der Waals surface area (Å²) in [7, 11) is 0. The molecule has 1 saturated heterocycles. The fourth-order valence-corrected chi connectivity index (χ4v) is 5.61. The second-order valence-electron chi connectivity index (χ2n) is 9.89. The van der Waals surface area contributed by atoms with E-state index >= 15 is 0 Å². The van der Waals surface area contributed by atoms with Crippen LogP contribution in [-0.4, -0.2) is 65.8 Å². The molecular weight excluding hydrogens is 450 g/mol. The van der Waals surface area contributed by atoms with E-state index in [0.717, 1.165) is 67.0 Å². The van der Waals surface area contributed by atoms with E-state index in [9.17, 15) is 5.11 Å². The summed E-state index contributed by atoms with van der Waals surface area (Å²) in [6, 6.07) is 12.4. The molecule has 7 heteroatoms. The third kappa shape index (κ3) is 5.36. The molecule has 36 heavy (non-hydrogen) atoms. The molecule has 1 aromatic heterocycles. The Hall–Kier alpha value is -3.06. The highest BCUT2D eigenvalue weighted by Crippen LogP contribution is 2.36. The highest BCUT2D eigenvalue weighted by molar-refractivity contribution is 5.95. The molecule has 0 saturated carbocycles. The minimum atomic E-state index is 0.291. The summed E-state index contributed by atoms with van der Waals surface area (Å²) in [6.45, 7) is 11.8. The zero-order valence-corrected chi connectivity index (χ0v) is 21.7. The Balaban J connectivity index is 1.38. The first-order valence-corrected chi connectivity index (χ1v) is 13.6. The zero-order valence-electron chi connectivity index (χ0n) is 21.7. The van der Waals surface area contributed by atoms with Crippen LogP contribution in [-0.2, 0) is 13.0 Å². The van der Waals surface area contributed by atoms with Crippen LogP contribution in [0.2, 0.25) is 0 Å². The fraction of sp³-hybridized carbons (Fsp3) is 0.517. The second-order valence-corrected chi connectivity index (χ2v) is 9.89. The molecule has 0 spiro atoms. The van der Waals surface area contributed by atoms with Crippen molar-refractivity contribution in [1.82, 2.24) is 14.9 Å². The number of rotatable bonds is 9. The maximum atomic E-state index is 10.4. The van der Waals surface area contributed by atoms with Crippen molar-refractivity contribution < 1.29 is 9.84 Å². The lowest BCUT2D eigenvalue weighted by Gasteiger charge is -2.33. The third-order valence-corrected chi connectivity index (χ3v) is 7.55. The minimum absolute atomic E-state index is 0.291. The number of nitrogens with zero attached hydrogens (tertiary/aromatic N) is 5. The molecule has 192 valence electrons. The van der Waals surface area contributed by atoms with Crippen molar-refractivity contribution in [2.24, 2.45) is 0 Å². The van der Waals surface area contributed by atoms with Crippen molar-refractivity contribution in [3.8, 4) is 11.8 Å². The maximum absolute atomic E-state index is 10.4. The average molecular weight is 490 g/mol. The van der Waals surface area contributed by atoms with Crippen LogP contribution in [0.15, 0.2) is 36.4 Å². The Morgan fingerprint density at radius 1 is 1.00 bits per heavy atom. The molecule has 0 unspecified atom stereocenters. The predicted octanol–water partition coefficient (Wildman–Crippen LogP) is 5.00. The van der Waals surface area contributed by atoms with Crippen LogP contribution in [0.25, 0.3) is 10.8 Å². The molecular formula is C29H39N5O2. The molecule has 3 aromatic rings. The van der Waals surface area contributed by atoms with Gasteiger partial charge in [-0.1, -0.05) is 30.7 Å². The van der Waals surface area contributed by atoms with Gasteiger partial charge in [-0.05, 0) is 64.1 Å². The first-order valence-electron chi connectivity index (χ1n) is 13.6. The van der Waals surface area contributed by atoms with Crippen LogP contribution >= 0.6 is 0 Å². The lowest BCUT2D eigenvalue weighted by Crippen LogP contribution is -2.34. The van der Waals surface area contributed by atoms with E-state index in [0.29, 0.717) is 24.9 Å². The average Bonchev–Trinajstić information content (AvgIpc) is 2.91. The van der Waals surface area contributed by atoms with Crippen LogP contribution < -0.4 is 14.5 Å². The summed E-state index contributed by atoms with van der Waals surface area (Å²) in [5, 5.41) is 12.6. The number of phenolic OH excluding ortho intramolecular Hbond substituents is 1. The molecule has 2 aliphatic rings. The monoisotopic (exact) mass is 489 g/mol. The van der Waals surface area contributed by atoms with E-state index in [-0.39, 0.29) is 0 Å². The summed E-state index contributed by atoms with van der Waals surface area (Å²) < 4.78 is 6.14. The van der Waals surface area contributed by atoms with Crippen LogP contribution in [0, 0.1) is 0 Å². The number of phenols is 1. The Morgan fingerprint density at radius 2 is 1.81 bits per heavy atom. The van der Waals surface area contributed by atoms with Crippen molar-refractivity contribution in [3.05, 3.63) is 47.7 Å². The van der Waals surface area contributed by atoms with Gasteiger partial charge in [0.15, 0.2) is 0 Å². The summed E-state index contributed by atoms with van der Waals surface area (Å²) in [6.07, 6.45) is 5.84. The Kier molecular flexibility index (Phi) is 7.75. The van der Waals surface area contributed by atoms with Gasteiger partial charge in [0, 0.05) is 48.9 Å². The Bertz CT molecular complexity index is 1170. The van der Waals surface area contributed by atoms with Gasteiger partial charge in [0.1, 0.15) is 11.6 Å². The number of aromatic hydroxyl groups is 1. The highest BCUT2D eigenvalue weighted by Gasteiger charge is 2.26. The van der Waals surface area contributed by atoms with E-state index in [1.54, 1.807) is 0 Å². The summed E-state index contributed by atoms with van der Waals surface area (Å²) in [4.78, 5) is 17.0. The molecule has 0 amide bonds. The van der Waals surface area contributed by atoms with Gasteiger partial charge in [0.25, 0.3) is 0 Å².